The summed E-state index contributed by atoms with van der Waals surface area (Å²) < 4.78 is 23.0. The average Bonchev–Trinajstić information content (AvgIpc) is 3.28. The van der Waals surface area contributed by atoms with Crippen molar-refractivity contribution in [3.63, 3.8) is 0 Å². The van der Waals surface area contributed by atoms with E-state index in [1.54, 1.807) is 0 Å². The number of hydrogen-bond acceptors (Lipinski definition) is 7. The van der Waals surface area contributed by atoms with Crippen molar-refractivity contribution in [2.24, 2.45) is 10.8 Å². The summed E-state index contributed by atoms with van der Waals surface area (Å²) in [6.07, 6.45) is 0. The molecular weight excluding hydrogens is 482 g/mol. The molecule has 7 nitrogen and oxygen atoms in total. The van der Waals surface area contributed by atoms with Gasteiger partial charge in [0.25, 0.3) is 0 Å². The third-order valence-corrected chi connectivity index (χ3v) is 7.22. The van der Waals surface area contributed by atoms with E-state index in [4.69, 9.17) is 18.9 Å². The number of esters is 2. The molecule has 38 heavy (non-hydrogen) atoms. The zero-order valence-corrected chi connectivity index (χ0v) is 22.0. The van der Waals surface area contributed by atoms with E-state index in [1.807, 2.05) is 91.0 Å². The topological polar surface area (TPSA) is 74.3 Å². The number of nitrogens with zero attached hydrogens (tertiary/aromatic N) is 1. The SMILES string of the molecule is COC(=O)C1(COCc2ccccc2)CN(Cc2ccccc2)CC1(COCc1ccccc1)C(=O)OC. The molecule has 3 aromatic rings. The van der Waals surface area contributed by atoms with Crippen LogP contribution in [0.25, 0.3) is 0 Å². The van der Waals surface area contributed by atoms with Gasteiger partial charge in [-0.25, -0.2) is 0 Å². The normalized spacial score (nSPS) is 21.2. The first-order chi connectivity index (χ1) is 18.5. The van der Waals surface area contributed by atoms with Crippen molar-refractivity contribution in [1.82, 2.24) is 4.90 Å². The molecule has 7 heteroatoms. The molecule has 0 spiro atoms. The minimum atomic E-state index is -1.34. The highest BCUT2D eigenvalue weighted by Crippen LogP contribution is 2.49. The van der Waals surface area contributed by atoms with Gasteiger partial charge in [-0.3, -0.25) is 14.5 Å². The fourth-order valence-corrected chi connectivity index (χ4v) is 5.31. The van der Waals surface area contributed by atoms with Gasteiger partial charge >= 0.3 is 11.9 Å². The highest BCUT2D eigenvalue weighted by Gasteiger charge is 2.68. The Labute approximate surface area is 224 Å². The summed E-state index contributed by atoms with van der Waals surface area (Å²) in [6, 6.07) is 29.4. The predicted molar refractivity (Wildman–Crippen MR) is 143 cm³/mol. The summed E-state index contributed by atoms with van der Waals surface area (Å²) in [5.74, 6) is -1.04. The van der Waals surface area contributed by atoms with E-state index in [2.05, 4.69) is 4.90 Å². The summed E-state index contributed by atoms with van der Waals surface area (Å²) in [5.41, 5.74) is 0.332. The Balaban J connectivity index is 1.67. The molecule has 0 aromatic heterocycles. The summed E-state index contributed by atoms with van der Waals surface area (Å²) >= 11 is 0. The van der Waals surface area contributed by atoms with Crippen molar-refractivity contribution in [2.45, 2.75) is 19.8 Å². The van der Waals surface area contributed by atoms with Crippen molar-refractivity contribution in [3.05, 3.63) is 108 Å². The maximum atomic E-state index is 13.7. The number of likely N-dealkylation sites (tertiary alicyclic amines) is 1. The predicted octanol–water partition coefficient (Wildman–Crippen LogP) is 4.25. The van der Waals surface area contributed by atoms with Gasteiger partial charge < -0.3 is 18.9 Å². The van der Waals surface area contributed by atoms with Crippen molar-refractivity contribution in [2.75, 3.05) is 40.5 Å². The minimum Gasteiger partial charge on any atom is -0.468 e. The van der Waals surface area contributed by atoms with Crippen LogP contribution in [0.5, 0.6) is 0 Å². The fraction of sp³-hybridized carbons (Fsp3) is 0.355. The van der Waals surface area contributed by atoms with E-state index < -0.39 is 22.8 Å². The summed E-state index contributed by atoms with van der Waals surface area (Å²) in [4.78, 5) is 29.4. The van der Waals surface area contributed by atoms with Crippen LogP contribution >= 0.6 is 0 Å². The van der Waals surface area contributed by atoms with Crippen LogP contribution in [0.2, 0.25) is 0 Å². The van der Waals surface area contributed by atoms with Gasteiger partial charge in [0.05, 0.1) is 40.6 Å². The van der Waals surface area contributed by atoms with Crippen LogP contribution in [0.1, 0.15) is 16.7 Å². The van der Waals surface area contributed by atoms with Crippen LogP contribution in [0.4, 0.5) is 0 Å². The number of carbonyl (C=O) groups is 2. The number of methoxy groups -OCH3 is 2. The highest BCUT2D eigenvalue weighted by atomic mass is 16.5. The van der Waals surface area contributed by atoms with Gasteiger partial charge in [-0.15, -0.1) is 0 Å². The lowest BCUT2D eigenvalue weighted by atomic mass is 9.66. The molecule has 0 aliphatic carbocycles. The smallest absolute Gasteiger partial charge is 0.316 e. The molecule has 1 heterocycles. The van der Waals surface area contributed by atoms with Crippen LogP contribution in [-0.2, 0) is 48.3 Å². The lowest BCUT2D eigenvalue weighted by molar-refractivity contribution is -0.185. The minimum absolute atomic E-state index is 0.0242. The molecule has 4 rings (SSSR count). The Morgan fingerprint density at radius 1 is 0.632 bits per heavy atom. The zero-order valence-electron chi connectivity index (χ0n) is 22.0. The van der Waals surface area contributed by atoms with Crippen molar-refractivity contribution in [3.8, 4) is 0 Å². The first-order valence-corrected chi connectivity index (χ1v) is 12.7. The van der Waals surface area contributed by atoms with Gasteiger partial charge in [0.1, 0.15) is 10.8 Å². The molecule has 200 valence electrons. The van der Waals surface area contributed by atoms with Crippen LogP contribution in [-0.4, -0.2) is 57.4 Å². The van der Waals surface area contributed by atoms with E-state index in [9.17, 15) is 9.59 Å². The zero-order chi connectivity index (χ0) is 26.8. The molecule has 0 radical (unpaired) electrons. The van der Waals surface area contributed by atoms with Crippen LogP contribution < -0.4 is 0 Å². The highest BCUT2D eigenvalue weighted by molar-refractivity contribution is 5.90. The molecule has 0 saturated carbocycles. The van der Waals surface area contributed by atoms with Gasteiger partial charge in [-0.05, 0) is 16.7 Å². The van der Waals surface area contributed by atoms with Crippen molar-refractivity contribution in [1.29, 1.82) is 0 Å². The van der Waals surface area contributed by atoms with Crippen molar-refractivity contribution < 1.29 is 28.5 Å². The molecule has 2 atom stereocenters. The molecule has 1 aliphatic rings. The number of benzene rings is 3. The molecular formula is C31H35NO6. The van der Waals surface area contributed by atoms with Crippen LogP contribution in [0.15, 0.2) is 91.0 Å². The number of hydrogen-bond donors (Lipinski definition) is 0. The second-order valence-electron chi connectivity index (χ2n) is 9.73. The third-order valence-electron chi connectivity index (χ3n) is 7.22. The Hall–Kier alpha value is -3.52. The maximum Gasteiger partial charge on any atom is 0.316 e. The Morgan fingerprint density at radius 3 is 1.37 bits per heavy atom. The number of rotatable bonds is 12. The van der Waals surface area contributed by atoms with E-state index >= 15 is 0 Å². The first kappa shape index (κ1) is 27.5. The van der Waals surface area contributed by atoms with E-state index in [0.29, 0.717) is 19.8 Å². The summed E-state index contributed by atoms with van der Waals surface area (Å²) in [5, 5.41) is 0. The fourth-order valence-electron chi connectivity index (χ4n) is 5.31. The largest absolute Gasteiger partial charge is 0.468 e. The van der Waals surface area contributed by atoms with Gasteiger partial charge in [-0.2, -0.15) is 0 Å². The first-order valence-electron chi connectivity index (χ1n) is 12.7. The Morgan fingerprint density at radius 2 is 1.00 bits per heavy atom. The van der Waals surface area contributed by atoms with Crippen molar-refractivity contribution >= 4 is 11.9 Å². The standard InChI is InChI=1S/C31H35NO6/c1-35-28(33)30(23-37-19-26-14-8-4-9-15-26)21-32(18-25-12-6-3-7-13-25)22-31(30,29(34)36-2)24-38-20-27-16-10-5-11-17-27/h3-17H,18-24H2,1-2H3. The lowest BCUT2D eigenvalue weighted by Crippen LogP contribution is -2.57. The number of carbonyl (C=O) groups excluding carboxylic acids is 2. The second-order valence-corrected chi connectivity index (χ2v) is 9.73. The average molecular weight is 518 g/mol. The Kier molecular flexibility index (Phi) is 9.29. The summed E-state index contributed by atoms with van der Waals surface area (Å²) in [7, 11) is 2.68. The quantitative estimate of drug-likeness (QED) is 0.333. The van der Waals surface area contributed by atoms with Gasteiger partial charge in [0.15, 0.2) is 0 Å². The van der Waals surface area contributed by atoms with Gasteiger partial charge in [0.2, 0.25) is 0 Å². The molecule has 0 amide bonds. The molecule has 1 saturated heterocycles. The van der Waals surface area contributed by atoms with Gasteiger partial charge in [0, 0.05) is 19.6 Å². The number of ether oxygens (including phenoxy) is 4. The lowest BCUT2D eigenvalue weighted by Gasteiger charge is -2.40. The second kappa shape index (κ2) is 12.8. The van der Waals surface area contributed by atoms with Crippen LogP contribution in [0.3, 0.4) is 0 Å². The molecule has 0 N–H and O–H groups in total. The van der Waals surface area contributed by atoms with E-state index in [1.165, 1.54) is 14.2 Å². The van der Waals surface area contributed by atoms with E-state index in [-0.39, 0.29) is 26.3 Å². The molecule has 3 aromatic carbocycles. The maximum absolute atomic E-state index is 13.7. The molecule has 1 aliphatic heterocycles. The molecule has 1 fully saturated rings. The van der Waals surface area contributed by atoms with Crippen LogP contribution in [0, 0.1) is 10.8 Å². The van der Waals surface area contributed by atoms with E-state index in [0.717, 1.165) is 16.7 Å². The monoisotopic (exact) mass is 517 g/mol. The molecule has 2 unspecified atom stereocenters. The molecule has 0 bridgehead atoms. The third kappa shape index (κ3) is 5.96. The van der Waals surface area contributed by atoms with Gasteiger partial charge in [-0.1, -0.05) is 91.0 Å². The Bertz CT molecular complexity index is 1100. The summed E-state index contributed by atoms with van der Waals surface area (Å²) in [6.45, 7) is 1.60.